The predicted molar refractivity (Wildman–Crippen MR) is 96.1 cm³/mol. The molecule has 24 heavy (non-hydrogen) atoms. The number of pyridine rings is 1. The molecule has 0 saturated heterocycles. The number of hydrogen-bond donors (Lipinski definition) is 2. The van der Waals surface area contributed by atoms with Crippen molar-refractivity contribution >= 4 is 21.8 Å². The molecule has 2 atom stereocenters. The first kappa shape index (κ1) is 16.9. The van der Waals surface area contributed by atoms with E-state index in [4.69, 9.17) is 10.5 Å². The summed E-state index contributed by atoms with van der Waals surface area (Å²) in [5.74, 6) is 1.12. The highest BCUT2D eigenvalue weighted by Crippen LogP contribution is 2.27. The average Bonchev–Trinajstić information content (AvgIpc) is 3.04. The number of benzene rings is 1. The van der Waals surface area contributed by atoms with Gasteiger partial charge in [-0.1, -0.05) is 22.4 Å². The highest BCUT2D eigenvalue weighted by molar-refractivity contribution is 9.10. The lowest BCUT2D eigenvalue weighted by molar-refractivity contribution is 0.0926. The Balaban J connectivity index is 1.75. The Morgan fingerprint density at radius 3 is 2.83 bits per heavy atom. The molecule has 3 rings (SSSR count). The maximum Gasteiger partial charge on any atom is 0.257 e. The molecule has 1 amide bonds. The summed E-state index contributed by atoms with van der Waals surface area (Å²) >= 11 is 3.38. The van der Waals surface area contributed by atoms with E-state index >= 15 is 0 Å². The van der Waals surface area contributed by atoms with Gasteiger partial charge < -0.3 is 15.8 Å². The molecular weight excluding hydrogens is 370 g/mol. The fraction of sp³-hybridized carbons (Fsp3) is 0.333. The summed E-state index contributed by atoms with van der Waals surface area (Å²) < 4.78 is 6.75. The Labute approximate surface area is 149 Å². The second kappa shape index (κ2) is 7.77. The normalized spacial score (nSPS) is 19.9. The third kappa shape index (κ3) is 3.94. The summed E-state index contributed by atoms with van der Waals surface area (Å²) in [4.78, 5) is 16.9. The molecule has 1 saturated carbocycles. The summed E-state index contributed by atoms with van der Waals surface area (Å²) in [5.41, 5.74) is 6.22. The standard InChI is InChI=1S/C18H20BrN3O2/c19-13-6-8-14(9-7-13)24-18-15(4-2-10-21-18)17(23)22-16-5-1-3-12(16)11-20/h2,4,6-10,12,16H,1,3,5,11,20H2,(H,22,23). The maximum absolute atomic E-state index is 12.6. The minimum Gasteiger partial charge on any atom is -0.438 e. The molecule has 2 aromatic rings. The molecule has 0 aliphatic heterocycles. The number of ether oxygens (including phenoxy) is 1. The lowest BCUT2D eigenvalue weighted by atomic mass is 10.0. The van der Waals surface area contributed by atoms with Gasteiger partial charge in [-0.2, -0.15) is 0 Å². The van der Waals surface area contributed by atoms with E-state index in [0.717, 1.165) is 23.7 Å². The number of nitrogens with two attached hydrogens (primary N) is 1. The van der Waals surface area contributed by atoms with Gasteiger partial charge in [0.15, 0.2) is 0 Å². The van der Waals surface area contributed by atoms with E-state index in [2.05, 4.69) is 26.2 Å². The van der Waals surface area contributed by atoms with Crippen LogP contribution in [0.3, 0.4) is 0 Å². The molecule has 5 nitrogen and oxygen atoms in total. The van der Waals surface area contributed by atoms with Crippen LogP contribution in [-0.4, -0.2) is 23.5 Å². The van der Waals surface area contributed by atoms with Crippen molar-refractivity contribution in [3.05, 3.63) is 52.6 Å². The van der Waals surface area contributed by atoms with Crippen LogP contribution in [0.25, 0.3) is 0 Å². The summed E-state index contributed by atoms with van der Waals surface area (Å²) in [5, 5.41) is 3.09. The zero-order chi connectivity index (χ0) is 16.9. The largest absolute Gasteiger partial charge is 0.438 e. The smallest absolute Gasteiger partial charge is 0.257 e. The Hall–Kier alpha value is -1.92. The van der Waals surface area contributed by atoms with E-state index in [9.17, 15) is 4.79 Å². The lowest BCUT2D eigenvalue weighted by Crippen LogP contribution is -2.40. The van der Waals surface area contributed by atoms with Gasteiger partial charge in [0.05, 0.1) is 0 Å². The molecule has 0 spiro atoms. The fourth-order valence-electron chi connectivity index (χ4n) is 3.01. The molecular formula is C18H20BrN3O2. The van der Waals surface area contributed by atoms with Crippen molar-refractivity contribution in [2.45, 2.75) is 25.3 Å². The third-order valence-corrected chi connectivity index (χ3v) is 4.85. The lowest BCUT2D eigenvalue weighted by Gasteiger charge is -2.20. The number of hydrogen-bond acceptors (Lipinski definition) is 4. The molecule has 3 N–H and O–H groups in total. The summed E-state index contributed by atoms with van der Waals surface area (Å²) in [7, 11) is 0. The molecule has 126 valence electrons. The van der Waals surface area contributed by atoms with Crippen LogP contribution in [0.4, 0.5) is 0 Å². The molecule has 1 aromatic heterocycles. The van der Waals surface area contributed by atoms with Gasteiger partial charge in [-0.3, -0.25) is 4.79 Å². The second-order valence-electron chi connectivity index (χ2n) is 5.92. The van der Waals surface area contributed by atoms with Crippen LogP contribution in [0.5, 0.6) is 11.6 Å². The van der Waals surface area contributed by atoms with E-state index in [1.54, 1.807) is 18.3 Å². The number of carbonyl (C=O) groups is 1. The number of halogens is 1. The van der Waals surface area contributed by atoms with Crippen molar-refractivity contribution in [3.63, 3.8) is 0 Å². The molecule has 1 aromatic carbocycles. The second-order valence-corrected chi connectivity index (χ2v) is 6.83. The molecule has 0 radical (unpaired) electrons. The number of nitrogens with zero attached hydrogens (tertiary/aromatic N) is 1. The van der Waals surface area contributed by atoms with E-state index in [1.165, 1.54) is 0 Å². The molecule has 1 aliphatic carbocycles. The van der Waals surface area contributed by atoms with Gasteiger partial charge in [0.2, 0.25) is 5.88 Å². The molecule has 1 heterocycles. The van der Waals surface area contributed by atoms with Gasteiger partial charge in [-0.05, 0) is 61.7 Å². The van der Waals surface area contributed by atoms with Crippen LogP contribution in [-0.2, 0) is 0 Å². The Morgan fingerprint density at radius 2 is 2.08 bits per heavy atom. The van der Waals surface area contributed by atoms with Gasteiger partial charge in [-0.25, -0.2) is 4.98 Å². The number of rotatable bonds is 5. The minimum atomic E-state index is -0.166. The van der Waals surface area contributed by atoms with Gasteiger partial charge in [0.1, 0.15) is 11.3 Å². The number of carbonyl (C=O) groups excluding carboxylic acids is 1. The first-order chi connectivity index (χ1) is 11.7. The van der Waals surface area contributed by atoms with Gasteiger partial charge in [0, 0.05) is 16.7 Å². The first-order valence-electron chi connectivity index (χ1n) is 8.06. The van der Waals surface area contributed by atoms with E-state index in [1.807, 2.05) is 24.3 Å². The van der Waals surface area contributed by atoms with Gasteiger partial charge in [-0.15, -0.1) is 0 Å². The highest BCUT2D eigenvalue weighted by atomic mass is 79.9. The topological polar surface area (TPSA) is 77.2 Å². The van der Waals surface area contributed by atoms with E-state index in [0.29, 0.717) is 29.7 Å². The van der Waals surface area contributed by atoms with E-state index < -0.39 is 0 Å². The Bertz CT molecular complexity index is 706. The maximum atomic E-state index is 12.6. The van der Waals surface area contributed by atoms with Crippen molar-refractivity contribution in [1.82, 2.24) is 10.3 Å². The average molecular weight is 390 g/mol. The third-order valence-electron chi connectivity index (χ3n) is 4.32. The van der Waals surface area contributed by atoms with Crippen molar-refractivity contribution in [3.8, 4) is 11.6 Å². The van der Waals surface area contributed by atoms with Crippen LogP contribution < -0.4 is 15.8 Å². The first-order valence-corrected chi connectivity index (χ1v) is 8.86. The van der Waals surface area contributed by atoms with Crippen LogP contribution >= 0.6 is 15.9 Å². The van der Waals surface area contributed by atoms with E-state index in [-0.39, 0.29) is 11.9 Å². The molecule has 1 fully saturated rings. The highest BCUT2D eigenvalue weighted by Gasteiger charge is 2.28. The van der Waals surface area contributed by atoms with Crippen molar-refractivity contribution in [2.24, 2.45) is 11.7 Å². The zero-order valence-electron chi connectivity index (χ0n) is 13.2. The van der Waals surface area contributed by atoms with Crippen LogP contribution in [0.15, 0.2) is 47.1 Å². The van der Waals surface area contributed by atoms with Crippen molar-refractivity contribution in [2.75, 3.05) is 6.54 Å². The molecule has 2 unspecified atom stereocenters. The summed E-state index contributed by atoms with van der Waals surface area (Å²) in [6, 6.07) is 11.0. The number of nitrogens with one attached hydrogen (secondary N) is 1. The molecule has 1 aliphatic rings. The van der Waals surface area contributed by atoms with Crippen LogP contribution in [0, 0.1) is 5.92 Å². The predicted octanol–water partition coefficient (Wildman–Crippen LogP) is 3.49. The number of amides is 1. The monoisotopic (exact) mass is 389 g/mol. The molecule has 6 heteroatoms. The fourth-order valence-corrected chi connectivity index (χ4v) is 3.28. The van der Waals surface area contributed by atoms with Crippen molar-refractivity contribution < 1.29 is 9.53 Å². The van der Waals surface area contributed by atoms with Crippen LogP contribution in [0.1, 0.15) is 29.6 Å². The molecule has 0 bridgehead atoms. The quantitative estimate of drug-likeness (QED) is 0.820. The minimum absolute atomic E-state index is 0.128. The Kier molecular flexibility index (Phi) is 5.48. The summed E-state index contributed by atoms with van der Waals surface area (Å²) in [6.45, 7) is 0.597. The zero-order valence-corrected chi connectivity index (χ0v) is 14.8. The Morgan fingerprint density at radius 1 is 1.29 bits per heavy atom. The van der Waals surface area contributed by atoms with Crippen LogP contribution in [0.2, 0.25) is 0 Å². The number of aromatic nitrogens is 1. The van der Waals surface area contributed by atoms with Gasteiger partial charge in [0.25, 0.3) is 5.91 Å². The SMILES string of the molecule is NCC1CCCC1NC(=O)c1cccnc1Oc1ccc(Br)cc1. The summed E-state index contributed by atoms with van der Waals surface area (Å²) in [6.07, 6.45) is 4.75. The van der Waals surface area contributed by atoms with Gasteiger partial charge >= 0.3 is 0 Å². The van der Waals surface area contributed by atoms with Crippen molar-refractivity contribution in [1.29, 1.82) is 0 Å².